The topological polar surface area (TPSA) is 20.2 Å². The molecule has 0 amide bonds. The van der Waals surface area contributed by atoms with Crippen LogP contribution in [0, 0.1) is 5.41 Å². The summed E-state index contributed by atoms with van der Waals surface area (Å²) in [5.74, 6) is 0. The van der Waals surface area contributed by atoms with Gasteiger partial charge in [0.2, 0.25) is 0 Å². The lowest BCUT2D eigenvalue weighted by Crippen LogP contribution is -2.21. The molecule has 90 valence electrons. The van der Waals surface area contributed by atoms with E-state index in [-0.39, 0.29) is 11.5 Å². The van der Waals surface area contributed by atoms with Crippen LogP contribution in [0.3, 0.4) is 0 Å². The minimum absolute atomic E-state index is 0.284. The molecule has 0 bridgehead atoms. The third kappa shape index (κ3) is 1.73. The number of fused-ring (bicyclic) bond motifs is 1. The quantitative estimate of drug-likeness (QED) is 0.767. The minimum Gasteiger partial charge on any atom is -0.384 e. The molecule has 2 aliphatic rings. The molecule has 1 nitrogen and oxygen atoms in total. The Hall–Kier alpha value is -1.08. The van der Waals surface area contributed by atoms with E-state index in [2.05, 4.69) is 31.2 Å². The summed E-state index contributed by atoms with van der Waals surface area (Å²) in [7, 11) is 0. The summed E-state index contributed by atoms with van der Waals surface area (Å²) in [5, 5.41) is 10.1. The van der Waals surface area contributed by atoms with Gasteiger partial charge in [-0.2, -0.15) is 0 Å². The van der Waals surface area contributed by atoms with Gasteiger partial charge in [0.15, 0.2) is 0 Å². The first kappa shape index (κ1) is 11.0. The van der Waals surface area contributed by atoms with Crippen molar-refractivity contribution in [3.8, 4) is 0 Å². The van der Waals surface area contributed by atoms with Gasteiger partial charge in [0.25, 0.3) is 0 Å². The van der Waals surface area contributed by atoms with Crippen molar-refractivity contribution < 1.29 is 5.11 Å². The average molecular weight is 228 g/mol. The molecule has 0 heterocycles. The Bertz CT molecular complexity index is 452. The SMILES string of the molecule is CC1(C2=CC(O)c3ccccc32)CCCCC1. The molecule has 2 aliphatic carbocycles. The highest BCUT2D eigenvalue weighted by Crippen LogP contribution is 2.51. The van der Waals surface area contributed by atoms with Gasteiger partial charge in [0.1, 0.15) is 0 Å². The third-order valence-electron chi connectivity index (χ3n) is 4.50. The van der Waals surface area contributed by atoms with E-state index in [1.807, 2.05) is 6.07 Å². The van der Waals surface area contributed by atoms with Gasteiger partial charge in [-0.15, -0.1) is 0 Å². The highest BCUT2D eigenvalue weighted by molar-refractivity contribution is 5.77. The highest BCUT2D eigenvalue weighted by Gasteiger charge is 2.36. The van der Waals surface area contributed by atoms with Crippen LogP contribution in [-0.2, 0) is 0 Å². The van der Waals surface area contributed by atoms with Gasteiger partial charge in [-0.3, -0.25) is 0 Å². The molecule has 0 radical (unpaired) electrons. The monoisotopic (exact) mass is 228 g/mol. The van der Waals surface area contributed by atoms with Gasteiger partial charge in [-0.05, 0) is 41.0 Å². The maximum absolute atomic E-state index is 10.1. The van der Waals surface area contributed by atoms with Crippen molar-refractivity contribution in [1.82, 2.24) is 0 Å². The number of hydrogen-bond acceptors (Lipinski definition) is 1. The second-order valence-electron chi connectivity index (χ2n) is 5.73. The Morgan fingerprint density at radius 1 is 1.12 bits per heavy atom. The normalized spacial score (nSPS) is 26.5. The standard InChI is InChI=1S/C16H20O/c1-16(9-5-2-6-10-16)14-11-15(17)13-8-4-3-7-12(13)14/h3-4,7-8,11,15,17H,2,5-6,9-10H2,1H3. The number of aliphatic hydroxyl groups is 1. The fraction of sp³-hybridized carbons (Fsp3) is 0.500. The van der Waals surface area contributed by atoms with Crippen LogP contribution in [-0.4, -0.2) is 5.11 Å². The first-order valence-corrected chi connectivity index (χ1v) is 6.70. The number of aliphatic hydroxyl groups excluding tert-OH is 1. The molecule has 3 rings (SSSR count). The van der Waals surface area contributed by atoms with Gasteiger partial charge >= 0.3 is 0 Å². The first-order chi connectivity index (χ1) is 8.21. The van der Waals surface area contributed by atoms with E-state index in [1.54, 1.807) is 0 Å². The number of allylic oxidation sites excluding steroid dienone is 1. The lowest BCUT2D eigenvalue weighted by Gasteiger charge is -2.35. The molecular formula is C16H20O. The van der Waals surface area contributed by atoms with E-state index in [9.17, 15) is 5.11 Å². The van der Waals surface area contributed by atoms with Gasteiger partial charge in [-0.1, -0.05) is 50.5 Å². The van der Waals surface area contributed by atoms with E-state index in [1.165, 1.54) is 43.2 Å². The molecule has 1 aromatic rings. The van der Waals surface area contributed by atoms with Crippen LogP contribution in [0.1, 0.15) is 56.3 Å². The van der Waals surface area contributed by atoms with Crippen LogP contribution in [0.4, 0.5) is 0 Å². The molecule has 1 fully saturated rings. The van der Waals surface area contributed by atoms with Crippen molar-refractivity contribution in [3.05, 3.63) is 41.5 Å². The van der Waals surface area contributed by atoms with Crippen LogP contribution in [0.25, 0.3) is 5.57 Å². The van der Waals surface area contributed by atoms with Crippen molar-refractivity contribution >= 4 is 5.57 Å². The van der Waals surface area contributed by atoms with E-state index in [0.29, 0.717) is 0 Å². The molecule has 17 heavy (non-hydrogen) atoms. The molecule has 0 aliphatic heterocycles. The number of rotatable bonds is 1. The lowest BCUT2D eigenvalue weighted by atomic mass is 9.69. The second-order valence-corrected chi connectivity index (χ2v) is 5.73. The zero-order valence-corrected chi connectivity index (χ0v) is 10.4. The highest BCUT2D eigenvalue weighted by atomic mass is 16.3. The van der Waals surface area contributed by atoms with Crippen LogP contribution >= 0.6 is 0 Å². The predicted molar refractivity (Wildman–Crippen MR) is 70.6 cm³/mol. The van der Waals surface area contributed by atoms with Gasteiger partial charge < -0.3 is 5.11 Å². The van der Waals surface area contributed by atoms with E-state index >= 15 is 0 Å². The van der Waals surface area contributed by atoms with E-state index in [0.717, 1.165) is 5.56 Å². The Morgan fingerprint density at radius 3 is 2.59 bits per heavy atom. The molecule has 1 heteroatoms. The summed E-state index contributed by atoms with van der Waals surface area (Å²) in [6, 6.07) is 8.31. The predicted octanol–water partition coefficient (Wildman–Crippen LogP) is 4.09. The fourth-order valence-corrected chi connectivity index (χ4v) is 3.47. The summed E-state index contributed by atoms with van der Waals surface area (Å²) in [6.45, 7) is 2.37. The van der Waals surface area contributed by atoms with Crippen molar-refractivity contribution in [2.45, 2.75) is 45.1 Å². The zero-order valence-electron chi connectivity index (χ0n) is 10.4. The Balaban J connectivity index is 2.02. The third-order valence-corrected chi connectivity index (χ3v) is 4.50. The van der Waals surface area contributed by atoms with Gasteiger partial charge in [0, 0.05) is 0 Å². The van der Waals surface area contributed by atoms with Crippen molar-refractivity contribution in [2.75, 3.05) is 0 Å². The van der Waals surface area contributed by atoms with Crippen molar-refractivity contribution in [1.29, 1.82) is 0 Å². The van der Waals surface area contributed by atoms with Crippen LogP contribution in [0.5, 0.6) is 0 Å². The molecule has 0 spiro atoms. The summed E-state index contributed by atoms with van der Waals surface area (Å²) < 4.78 is 0. The molecular weight excluding hydrogens is 208 g/mol. The second kappa shape index (κ2) is 3.99. The largest absolute Gasteiger partial charge is 0.384 e. The summed E-state index contributed by atoms with van der Waals surface area (Å²) in [5.41, 5.74) is 4.05. The maximum atomic E-state index is 10.1. The molecule has 1 saturated carbocycles. The Kier molecular flexibility index (Phi) is 2.59. The first-order valence-electron chi connectivity index (χ1n) is 6.70. The van der Waals surface area contributed by atoms with E-state index in [4.69, 9.17) is 0 Å². The van der Waals surface area contributed by atoms with Gasteiger partial charge in [-0.25, -0.2) is 0 Å². The van der Waals surface area contributed by atoms with Crippen LogP contribution in [0.2, 0.25) is 0 Å². The van der Waals surface area contributed by atoms with Crippen LogP contribution < -0.4 is 0 Å². The molecule has 1 N–H and O–H groups in total. The van der Waals surface area contributed by atoms with Crippen LogP contribution in [0.15, 0.2) is 30.3 Å². The summed E-state index contributed by atoms with van der Waals surface area (Å²) >= 11 is 0. The fourth-order valence-electron chi connectivity index (χ4n) is 3.47. The lowest BCUT2D eigenvalue weighted by molar-refractivity contribution is 0.230. The summed E-state index contributed by atoms with van der Waals surface area (Å²) in [6.07, 6.45) is 8.24. The summed E-state index contributed by atoms with van der Waals surface area (Å²) in [4.78, 5) is 0. The molecule has 1 atom stereocenters. The zero-order chi connectivity index (χ0) is 11.9. The van der Waals surface area contributed by atoms with Crippen molar-refractivity contribution in [2.24, 2.45) is 5.41 Å². The Labute approximate surface area is 103 Å². The maximum Gasteiger partial charge on any atom is 0.0983 e. The average Bonchev–Trinajstić information content (AvgIpc) is 2.69. The smallest absolute Gasteiger partial charge is 0.0983 e. The minimum atomic E-state index is -0.389. The van der Waals surface area contributed by atoms with E-state index < -0.39 is 0 Å². The number of benzene rings is 1. The van der Waals surface area contributed by atoms with Crippen molar-refractivity contribution in [3.63, 3.8) is 0 Å². The molecule has 1 unspecified atom stereocenters. The number of hydrogen-bond donors (Lipinski definition) is 1. The van der Waals surface area contributed by atoms with Gasteiger partial charge in [0.05, 0.1) is 6.10 Å². The molecule has 0 aromatic heterocycles. The molecule has 0 saturated heterocycles. The molecule has 1 aromatic carbocycles. The Morgan fingerprint density at radius 2 is 1.82 bits per heavy atom.